The van der Waals surface area contributed by atoms with E-state index in [9.17, 15) is 4.39 Å². The molecule has 160 valence electrons. The van der Waals surface area contributed by atoms with Crippen molar-refractivity contribution in [1.82, 2.24) is 15.0 Å². The molecule has 1 unspecified atom stereocenters. The molecule has 1 aliphatic rings. The molecule has 2 aromatic heterocycles. The number of halogens is 1. The van der Waals surface area contributed by atoms with Gasteiger partial charge in [-0.25, -0.2) is 14.4 Å². The van der Waals surface area contributed by atoms with Crippen molar-refractivity contribution in [2.24, 2.45) is 5.16 Å². The van der Waals surface area contributed by atoms with Crippen molar-refractivity contribution in [3.8, 4) is 11.1 Å². The molecular formula is C23H24FN5O2. The number of nitrogen functional groups attached to an aromatic ring is 1. The number of benzene rings is 1. The molecule has 3 aromatic rings. The highest BCUT2D eigenvalue weighted by atomic mass is 19.1. The molecule has 0 aliphatic heterocycles. The number of rotatable bonds is 6. The Morgan fingerprint density at radius 3 is 2.90 bits per heavy atom. The molecule has 0 saturated heterocycles. The van der Waals surface area contributed by atoms with Gasteiger partial charge in [0.25, 0.3) is 0 Å². The molecule has 0 bridgehead atoms. The number of hydrogen-bond acceptors (Lipinski definition) is 7. The summed E-state index contributed by atoms with van der Waals surface area (Å²) in [6, 6.07) is 8.57. The molecule has 1 aromatic carbocycles. The van der Waals surface area contributed by atoms with Gasteiger partial charge in [-0.1, -0.05) is 17.3 Å². The maximum absolute atomic E-state index is 14.1. The van der Waals surface area contributed by atoms with Crippen molar-refractivity contribution in [2.75, 3.05) is 18.9 Å². The smallest absolute Gasteiger partial charge is 0.220 e. The average Bonchev–Trinajstić information content (AvgIpc) is 2.76. The van der Waals surface area contributed by atoms with Gasteiger partial charge in [0.2, 0.25) is 5.95 Å². The van der Waals surface area contributed by atoms with Gasteiger partial charge in [0.15, 0.2) is 0 Å². The summed E-state index contributed by atoms with van der Waals surface area (Å²) < 4.78 is 14.1. The standard InChI is InChI=1S/C23H24FN5O2/c1-14-22-20(28-23(25)27-14)10-16(11-21(22)29-31-9-3-8-30)18-6-5-17(24)12-19(18)15-4-2-7-26-13-15/h2,4-7,12-13,16,30H,3,8-11H2,1H3,(H2,25,27,28)/b29-21+. The fourth-order valence-corrected chi connectivity index (χ4v) is 4.03. The van der Waals surface area contributed by atoms with Gasteiger partial charge < -0.3 is 15.7 Å². The number of oxime groups is 1. The highest BCUT2D eigenvalue weighted by Gasteiger charge is 2.30. The largest absolute Gasteiger partial charge is 0.396 e. The average molecular weight is 421 g/mol. The lowest BCUT2D eigenvalue weighted by Crippen LogP contribution is -2.24. The van der Waals surface area contributed by atoms with Crippen LogP contribution < -0.4 is 5.73 Å². The van der Waals surface area contributed by atoms with Crippen LogP contribution in [0.4, 0.5) is 10.3 Å². The number of aliphatic hydroxyl groups excluding tert-OH is 1. The van der Waals surface area contributed by atoms with Crippen LogP contribution in [0, 0.1) is 12.7 Å². The Bertz CT molecular complexity index is 1100. The summed E-state index contributed by atoms with van der Waals surface area (Å²) in [5.41, 5.74) is 11.7. The lowest BCUT2D eigenvalue weighted by atomic mass is 9.78. The molecule has 0 amide bonds. The first-order valence-corrected chi connectivity index (χ1v) is 10.2. The number of hydrogen-bond donors (Lipinski definition) is 2. The Morgan fingerprint density at radius 1 is 1.26 bits per heavy atom. The van der Waals surface area contributed by atoms with E-state index in [1.54, 1.807) is 12.4 Å². The Morgan fingerprint density at radius 2 is 2.13 bits per heavy atom. The van der Waals surface area contributed by atoms with E-state index in [1.165, 1.54) is 12.1 Å². The molecule has 1 atom stereocenters. The van der Waals surface area contributed by atoms with Crippen LogP contribution in [0.5, 0.6) is 0 Å². The molecule has 1 aliphatic carbocycles. The third kappa shape index (κ3) is 4.54. The molecule has 0 saturated carbocycles. The first-order chi connectivity index (χ1) is 15.1. The lowest BCUT2D eigenvalue weighted by Gasteiger charge is -2.28. The van der Waals surface area contributed by atoms with E-state index in [4.69, 9.17) is 15.7 Å². The van der Waals surface area contributed by atoms with Crippen molar-refractivity contribution >= 4 is 11.7 Å². The maximum atomic E-state index is 14.1. The number of nitrogens with two attached hydrogens (primary N) is 1. The van der Waals surface area contributed by atoms with Crippen LogP contribution in [0.1, 0.15) is 41.3 Å². The monoisotopic (exact) mass is 421 g/mol. The minimum absolute atomic E-state index is 0.00259. The number of pyridine rings is 1. The molecule has 4 rings (SSSR count). The first kappa shape index (κ1) is 20.9. The van der Waals surface area contributed by atoms with Gasteiger partial charge in [0.1, 0.15) is 12.4 Å². The SMILES string of the molecule is Cc1nc(N)nc2c1/C(=N/OCCCO)CC(c1ccc(F)cc1-c1cccnc1)C2. The molecular weight excluding hydrogens is 397 g/mol. The maximum Gasteiger partial charge on any atom is 0.220 e. The quantitative estimate of drug-likeness (QED) is 0.467. The Hall–Kier alpha value is -3.39. The van der Waals surface area contributed by atoms with Crippen LogP contribution in [0.25, 0.3) is 11.1 Å². The Labute approximate surface area is 179 Å². The minimum atomic E-state index is -0.303. The van der Waals surface area contributed by atoms with E-state index in [0.29, 0.717) is 25.9 Å². The summed E-state index contributed by atoms with van der Waals surface area (Å²) in [7, 11) is 0. The fourth-order valence-electron chi connectivity index (χ4n) is 4.03. The van der Waals surface area contributed by atoms with Gasteiger partial charge in [0, 0.05) is 43.0 Å². The van der Waals surface area contributed by atoms with Crippen LogP contribution in [-0.2, 0) is 11.3 Å². The zero-order valence-corrected chi connectivity index (χ0v) is 17.3. The molecule has 0 fully saturated rings. The number of aromatic nitrogens is 3. The van der Waals surface area contributed by atoms with Crippen LogP contribution in [0.15, 0.2) is 47.9 Å². The molecule has 7 nitrogen and oxygen atoms in total. The second kappa shape index (κ2) is 9.18. The fraction of sp³-hybridized carbons (Fsp3) is 0.304. The zero-order valence-electron chi connectivity index (χ0n) is 17.3. The van der Waals surface area contributed by atoms with Crippen molar-refractivity contribution in [3.05, 3.63) is 71.1 Å². The van der Waals surface area contributed by atoms with Gasteiger partial charge in [-0.05, 0) is 48.6 Å². The van der Waals surface area contributed by atoms with Crippen molar-refractivity contribution in [1.29, 1.82) is 0 Å². The highest BCUT2D eigenvalue weighted by Crippen LogP contribution is 2.38. The van der Waals surface area contributed by atoms with Gasteiger partial charge in [0.05, 0.1) is 17.1 Å². The van der Waals surface area contributed by atoms with Crippen LogP contribution in [0.2, 0.25) is 0 Å². The van der Waals surface area contributed by atoms with E-state index in [-0.39, 0.29) is 24.3 Å². The summed E-state index contributed by atoms with van der Waals surface area (Å²) in [4.78, 5) is 18.4. The van der Waals surface area contributed by atoms with Gasteiger partial charge in [-0.15, -0.1) is 0 Å². The number of anilines is 1. The second-order valence-corrected chi connectivity index (χ2v) is 7.52. The first-order valence-electron chi connectivity index (χ1n) is 10.2. The predicted octanol–water partition coefficient (Wildman–Crippen LogP) is 3.40. The van der Waals surface area contributed by atoms with Crippen LogP contribution >= 0.6 is 0 Å². The zero-order chi connectivity index (χ0) is 21.8. The van der Waals surface area contributed by atoms with E-state index in [2.05, 4.69) is 20.1 Å². The molecule has 0 radical (unpaired) electrons. The molecule has 3 N–H and O–H groups in total. The molecule has 0 spiro atoms. The lowest BCUT2D eigenvalue weighted by molar-refractivity contribution is 0.123. The second-order valence-electron chi connectivity index (χ2n) is 7.52. The van der Waals surface area contributed by atoms with Crippen molar-refractivity contribution in [3.63, 3.8) is 0 Å². The van der Waals surface area contributed by atoms with Crippen LogP contribution in [0.3, 0.4) is 0 Å². The topological polar surface area (TPSA) is 107 Å². The van der Waals surface area contributed by atoms with E-state index >= 15 is 0 Å². The minimum Gasteiger partial charge on any atom is -0.396 e. The normalized spacial score (nSPS) is 16.9. The summed E-state index contributed by atoms with van der Waals surface area (Å²) in [6.45, 7) is 2.22. The van der Waals surface area contributed by atoms with Crippen molar-refractivity contribution in [2.45, 2.75) is 32.1 Å². The number of nitrogens with zero attached hydrogens (tertiary/aromatic N) is 4. The number of aliphatic hydroxyl groups is 1. The predicted molar refractivity (Wildman–Crippen MR) is 116 cm³/mol. The third-order valence-electron chi connectivity index (χ3n) is 5.35. The van der Waals surface area contributed by atoms with Gasteiger partial charge >= 0.3 is 0 Å². The highest BCUT2D eigenvalue weighted by molar-refractivity contribution is 6.03. The van der Waals surface area contributed by atoms with E-state index < -0.39 is 0 Å². The summed E-state index contributed by atoms with van der Waals surface area (Å²) >= 11 is 0. The van der Waals surface area contributed by atoms with Crippen molar-refractivity contribution < 1.29 is 14.3 Å². The summed E-state index contributed by atoms with van der Waals surface area (Å²) in [6.07, 6.45) is 5.12. The molecule has 8 heteroatoms. The Kier molecular flexibility index (Phi) is 6.18. The number of aryl methyl sites for hydroxylation is 1. The summed E-state index contributed by atoms with van der Waals surface area (Å²) in [5, 5.41) is 13.3. The van der Waals surface area contributed by atoms with E-state index in [1.807, 2.05) is 25.1 Å². The number of fused-ring (bicyclic) bond motifs is 1. The van der Waals surface area contributed by atoms with Crippen LogP contribution in [-0.4, -0.2) is 39.0 Å². The Balaban J connectivity index is 1.77. The summed E-state index contributed by atoms with van der Waals surface area (Å²) in [5.74, 6) is -0.0938. The van der Waals surface area contributed by atoms with Gasteiger partial charge in [-0.2, -0.15) is 0 Å². The van der Waals surface area contributed by atoms with E-state index in [0.717, 1.165) is 39.4 Å². The third-order valence-corrected chi connectivity index (χ3v) is 5.35. The molecule has 2 heterocycles. The molecule has 31 heavy (non-hydrogen) atoms. The van der Waals surface area contributed by atoms with Gasteiger partial charge in [-0.3, -0.25) is 4.98 Å².